The van der Waals surface area contributed by atoms with Gasteiger partial charge in [-0.15, -0.1) is 0 Å². The highest BCUT2D eigenvalue weighted by Gasteiger charge is 2.25. The van der Waals surface area contributed by atoms with E-state index in [1.165, 1.54) is 7.05 Å². The zero-order valence-electron chi connectivity index (χ0n) is 8.26. The number of nitrogens with one attached hydrogen (secondary N) is 1. The topological polar surface area (TPSA) is 103 Å². The fourth-order valence-corrected chi connectivity index (χ4v) is 2.28. The predicted octanol–water partition coefficient (Wildman–Crippen LogP) is -0.577. The van der Waals surface area contributed by atoms with Gasteiger partial charge in [-0.05, 0) is 6.92 Å². The molecule has 0 saturated carbocycles. The summed E-state index contributed by atoms with van der Waals surface area (Å²) in [5, 5.41) is 14.5. The third-order valence-corrected chi connectivity index (χ3v) is 3.75. The minimum Gasteiger partial charge on any atom is -0.480 e. The van der Waals surface area contributed by atoms with Gasteiger partial charge < -0.3 is 5.11 Å². The number of aryl methyl sites for hydroxylation is 1. The molecule has 1 aromatic rings. The zero-order valence-corrected chi connectivity index (χ0v) is 9.08. The van der Waals surface area contributed by atoms with E-state index in [0.717, 1.165) is 10.5 Å². The van der Waals surface area contributed by atoms with Crippen molar-refractivity contribution in [3.05, 3.63) is 11.9 Å². The Morgan fingerprint density at radius 1 is 1.67 bits per heavy atom. The molecule has 0 aromatic carbocycles. The molecular formula is C7H11N3O4S. The van der Waals surface area contributed by atoms with E-state index in [2.05, 4.69) is 10.2 Å². The molecule has 1 aromatic heterocycles. The van der Waals surface area contributed by atoms with Gasteiger partial charge in [-0.1, -0.05) is 0 Å². The van der Waals surface area contributed by atoms with Crippen LogP contribution in [0.4, 0.5) is 0 Å². The van der Waals surface area contributed by atoms with Crippen LogP contribution in [0, 0.1) is 6.92 Å². The maximum atomic E-state index is 11.8. The Morgan fingerprint density at radius 2 is 2.27 bits per heavy atom. The van der Waals surface area contributed by atoms with Crippen LogP contribution in [0.25, 0.3) is 0 Å². The van der Waals surface area contributed by atoms with E-state index in [-0.39, 0.29) is 4.90 Å². The Balaban J connectivity index is 3.04. The van der Waals surface area contributed by atoms with E-state index in [0.29, 0.717) is 5.69 Å². The standard InChI is InChI=1S/C7H11N3O4S/c1-5-6(3-8-9-5)15(13,14)10(2)4-7(11)12/h3H,4H2,1-2H3,(H,8,9)(H,11,12). The number of aromatic nitrogens is 2. The van der Waals surface area contributed by atoms with E-state index in [4.69, 9.17) is 5.11 Å². The Morgan fingerprint density at radius 3 is 2.67 bits per heavy atom. The Kier molecular flexibility index (Phi) is 3.10. The van der Waals surface area contributed by atoms with E-state index in [1.54, 1.807) is 6.92 Å². The maximum Gasteiger partial charge on any atom is 0.318 e. The molecule has 15 heavy (non-hydrogen) atoms. The molecule has 0 aliphatic rings. The molecule has 0 radical (unpaired) electrons. The molecular weight excluding hydrogens is 222 g/mol. The van der Waals surface area contributed by atoms with Crippen LogP contribution in [-0.4, -0.2) is 47.6 Å². The molecule has 0 unspecified atom stereocenters. The van der Waals surface area contributed by atoms with Crippen LogP contribution in [0.2, 0.25) is 0 Å². The molecule has 1 heterocycles. The van der Waals surface area contributed by atoms with Crippen LogP contribution in [0.1, 0.15) is 5.69 Å². The number of aliphatic carboxylic acids is 1. The van der Waals surface area contributed by atoms with E-state index in [9.17, 15) is 13.2 Å². The molecule has 7 nitrogen and oxygen atoms in total. The largest absolute Gasteiger partial charge is 0.480 e. The van der Waals surface area contributed by atoms with Crippen LogP contribution in [0.15, 0.2) is 11.1 Å². The van der Waals surface area contributed by atoms with Gasteiger partial charge in [-0.2, -0.15) is 9.40 Å². The second-order valence-electron chi connectivity index (χ2n) is 3.01. The average Bonchev–Trinajstić information content (AvgIpc) is 2.50. The smallest absolute Gasteiger partial charge is 0.318 e. The molecule has 0 saturated heterocycles. The van der Waals surface area contributed by atoms with Gasteiger partial charge in [0.15, 0.2) is 0 Å². The highest BCUT2D eigenvalue weighted by Crippen LogP contribution is 2.15. The van der Waals surface area contributed by atoms with Crippen LogP contribution in [0.5, 0.6) is 0 Å². The van der Waals surface area contributed by atoms with Crippen molar-refractivity contribution in [3.8, 4) is 0 Å². The number of likely N-dealkylation sites (N-methyl/N-ethyl adjacent to an activating group) is 1. The summed E-state index contributed by atoms with van der Waals surface area (Å²) in [5.74, 6) is -1.21. The number of aromatic amines is 1. The minimum absolute atomic E-state index is 0.00810. The number of carboxylic acids is 1. The summed E-state index contributed by atoms with van der Waals surface area (Å²) in [6, 6.07) is 0. The number of H-pyrrole nitrogens is 1. The fraction of sp³-hybridized carbons (Fsp3) is 0.429. The monoisotopic (exact) mass is 233 g/mol. The molecule has 2 N–H and O–H groups in total. The summed E-state index contributed by atoms with van der Waals surface area (Å²) >= 11 is 0. The van der Waals surface area contributed by atoms with Gasteiger partial charge >= 0.3 is 5.97 Å². The number of hydrogen-bond acceptors (Lipinski definition) is 4. The molecule has 0 atom stereocenters. The van der Waals surface area contributed by atoms with Crippen LogP contribution < -0.4 is 0 Å². The van der Waals surface area contributed by atoms with Gasteiger partial charge in [-0.25, -0.2) is 8.42 Å². The summed E-state index contributed by atoms with van der Waals surface area (Å²) in [7, 11) is -2.56. The molecule has 0 amide bonds. The highest BCUT2D eigenvalue weighted by atomic mass is 32.2. The number of carbonyl (C=O) groups is 1. The SMILES string of the molecule is Cc1[nH]ncc1S(=O)(=O)N(C)CC(=O)O. The number of hydrogen-bond donors (Lipinski definition) is 2. The third-order valence-electron chi connectivity index (χ3n) is 1.83. The Bertz CT molecular complexity index is 464. The first-order valence-corrected chi connectivity index (χ1v) is 5.48. The van der Waals surface area contributed by atoms with Crippen molar-refractivity contribution in [1.82, 2.24) is 14.5 Å². The fourth-order valence-electron chi connectivity index (χ4n) is 1.04. The van der Waals surface area contributed by atoms with Gasteiger partial charge in [0.1, 0.15) is 11.4 Å². The number of sulfonamides is 1. The molecule has 0 fully saturated rings. The van der Waals surface area contributed by atoms with Crippen molar-refractivity contribution in [2.75, 3.05) is 13.6 Å². The van der Waals surface area contributed by atoms with Gasteiger partial charge in [0.25, 0.3) is 0 Å². The number of nitrogens with zero attached hydrogens (tertiary/aromatic N) is 2. The molecule has 0 bridgehead atoms. The van der Waals surface area contributed by atoms with E-state index < -0.39 is 22.5 Å². The van der Waals surface area contributed by atoms with Crippen LogP contribution >= 0.6 is 0 Å². The lowest BCUT2D eigenvalue weighted by atomic mass is 10.5. The van der Waals surface area contributed by atoms with E-state index in [1.807, 2.05) is 0 Å². The van der Waals surface area contributed by atoms with Gasteiger partial charge in [0.2, 0.25) is 10.0 Å². The molecule has 8 heteroatoms. The molecule has 0 aliphatic carbocycles. The average molecular weight is 233 g/mol. The second kappa shape index (κ2) is 3.99. The lowest BCUT2D eigenvalue weighted by molar-refractivity contribution is -0.137. The Labute approximate surface area is 86.8 Å². The predicted molar refractivity (Wildman–Crippen MR) is 50.8 cm³/mol. The second-order valence-corrected chi connectivity index (χ2v) is 5.03. The summed E-state index contributed by atoms with van der Waals surface area (Å²) in [6.07, 6.45) is 1.16. The molecule has 0 spiro atoms. The minimum atomic E-state index is -3.76. The first-order chi connectivity index (χ1) is 6.85. The number of carboxylic acid groups (broad SMARTS) is 1. The van der Waals surface area contributed by atoms with Crippen molar-refractivity contribution < 1.29 is 18.3 Å². The van der Waals surface area contributed by atoms with E-state index >= 15 is 0 Å². The first kappa shape index (κ1) is 11.7. The number of rotatable bonds is 4. The summed E-state index contributed by atoms with van der Waals surface area (Å²) in [4.78, 5) is 10.4. The highest BCUT2D eigenvalue weighted by molar-refractivity contribution is 7.89. The zero-order chi connectivity index (χ0) is 11.6. The van der Waals surface area contributed by atoms with Crippen molar-refractivity contribution in [2.24, 2.45) is 0 Å². The van der Waals surface area contributed by atoms with Crippen molar-refractivity contribution in [2.45, 2.75) is 11.8 Å². The molecule has 0 aliphatic heterocycles. The maximum absolute atomic E-state index is 11.8. The summed E-state index contributed by atoms with van der Waals surface area (Å²) in [5.41, 5.74) is 0.382. The third kappa shape index (κ3) is 2.34. The van der Waals surface area contributed by atoms with Gasteiger partial charge in [0, 0.05) is 7.05 Å². The van der Waals surface area contributed by atoms with Gasteiger partial charge in [0.05, 0.1) is 11.9 Å². The quantitative estimate of drug-likeness (QED) is 0.724. The van der Waals surface area contributed by atoms with Crippen LogP contribution in [-0.2, 0) is 14.8 Å². The van der Waals surface area contributed by atoms with Crippen molar-refractivity contribution in [1.29, 1.82) is 0 Å². The van der Waals surface area contributed by atoms with Gasteiger partial charge in [-0.3, -0.25) is 9.89 Å². The van der Waals surface area contributed by atoms with Crippen molar-refractivity contribution >= 4 is 16.0 Å². The Hall–Kier alpha value is -1.41. The summed E-state index contributed by atoms with van der Waals surface area (Å²) in [6.45, 7) is 0.974. The molecule has 1 rings (SSSR count). The van der Waals surface area contributed by atoms with Crippen LogP contribution in [0.3, 0.4) is 0 Å². The lowest BCUT2D eigenvalue weighted by Gasteiger charge is -2.13. The first-order valence-electron chi connectivity index (χ1n) is 4.04. The van der Waals surface area contributed by atoms with Crippen molar-refractivity contribution in [3.63, 3.8) is 0 Å². The molecule has 84 valence electrons. The lowest BCUT2D eigenvalue weighted by Crippen LogP contribution is -2.32. The normalized spacial score (nSPS) is 11.9. The summed E-state index contributed by atoms with van der Waals surface area (Å²) < 4.78 is 24.3.